The summed E-state index contributed by atoms with van der Waals surface area (Å²) in [6.45, 7) is 6.24. The summed E-state index contributed by atoms with van der Waals surface area (Å²) in [6.07, 6.45) is 0.452. The molecule has 1 aliphatic heterocycles. The molecule has 0 atom stereocenters. The van der Waals surface area contributed by atoms with E-state index in [9.17, 15) is 13.2 Å². The zero-order valence-electron chi connectivity index (χ0n) is 10.5. The maximum Gasteiger partial charge on any atom is 0.410 e. The number of carbonyl (C=O) groups is 1. The number of hydrogen-bond acceptors (Lipinski definition) is 5. The van der Waals surface area contributed by atoms with Crippen LogP contribution in [0.25, 0.3) is 0 Å². The zero-order valence-corrected chi connectivity index (χ0v) is 11.3. The van der Waals surface area contributed by atoms with Crippen LogP contribution in [0.4, 0.5) is 4.79 Å². The van der Waals surface area contributed by atoms with Gasteiger partial charge in [-0.15, -0.1) is 0 Å². The summed E-state index contributed by atoms with van der Waals surface area (Å²) < 4.78 is 26.6. The Morgan fingerprint density at radius 2 is 1.71 bits per heavy atom. The molecule has 0 saturated carbocycles. The fourth-order valence-corrected chi connectivity index (χ4v) is 1.95. The normalized spacial score (nSPS) is 16.2. The van der Waals surface area contributed by atoms with Crippen molar-refractivity contribution in [2.24, 2.45) is 0 Å². The van der Waals surface area contributed by atoms with Crippen LogP contribution >= 0.6 is 0 Å². The molecule has 0 aromatic carbocycles. The van der Waals surface area contributed by atoms with Crippen LogP contribution in [0.3, 0.4) is 0 Å². The van der Waals surface area contributed by atoms with E-state index in [-0.39, 0.29) is 12.2 Å². The second-order valence-electron chi connectivity index (χ2n) is 4.74. The van der Waals surface area contributed by atoms with E-state index in [0.29, 0.717) is 30.8 Å². The lowest BCUT2D eigenvalue weighted by atomic mass is 10.1. The van der Waals surface area contributed by atoms with Gasteiger partial charge in [0.1, 0.15) is 5.60 Å². The Bertz CT molecular complexity index is 391. The summed E-state index contributed by atoms with van der Waals surface area (Å²) in [5.74, 6) is 0. The van der Waals surface area contributed by atoms with Gasteiger partial charge in [0.25, 0.3) is 0 Å². The van der Waals surface area contributed by atoms with Gasteiger partial charge in [0, 0.05) is 25.9 Å². The molecule has 6 nitrogen and oxygen atoms in total. The Morgan fingerprint density at radius 1 is 1.24 bits per heavy atom. The maximum absolute atomic E-state index is 11.6. The third-order valence-electron chi connectivity index (χ3n) is 2.21. The number of likely N-dealkylation sites (tertiary alicyclic amines) is 1. The summed E-state index contributed by atoms with van der Waals surface area (Å²) in [7, 11) is -2.11. The number of ether oxygens (including phenoxy) is 1. The highest BCUT2D eigenvalue weighted by Gasteiger charge is 2.25. The molecule has 1 rings (SSSR count). The third kappa shape index (κ3) is 5.18. The van der Waals surface area contributed by atoms with Crippen molar-refractivity contribution < 1.29 is 17.9 Å². The molecule has 0 aromatic heterocycles. The van der Waals surface area contributed by atoms with Gasteiger partial charge >= 0.3 is 6.09 Å². The fraction of sp³-hybridized carbons (Fsp3) is 0.800. The Morgan fingerprint density at radius 3 is 2.06 bits per heavy atom. The minimum atomic E-state index is -2.11. The number of rotatable bonds is 0. The smallest absolute Gasteiger partial charge is 0.410 e. The Hall–Kier alpha value is -1.08. The summed E-state index contributed by atoms with van der Waals surface area (Å²) in [5.41, 5.74) is -0.511. The molecule has 1 fully saturated rings. The highest BCUT2D eigenvalue weighted by atomic mass is 32.2. The second kappa shape index (κ2) is 6.02. The first kappa shape index (κ1) is 15.9. The molecule has 0 unspecified atom stereocenters. The minimum Gasteiger partial charge on any atom is -0.444 e. The van der Waals surface area contributed by atoms with Crippen molar-refractivity contribution in [3.63, 3.8) is 0 Å². The van der Waals surface area contributed by atoms with Gasteiger partial charge in [0.05, 0.1) is 4.86 Å². The number of amides is 1. The molecule has 1 saturated heterocycles. The number of piperidine rings is 1. The predicted molar refractivity (Wildman–Crippen MR) is 66.0 cm³/mol. The van der Waals surface area contributed by atoms with Crippen LogP contribution in [0.1, 0.15) is 33.6 Å². The second-order valence-corrected chi connectivity index (χ2v) is 5.79. The molecule has 0 aromatic rings. The van der Waals surface area contributed by atoms with E-state index in [0.717, 1.165) is 0 Å². The van der Waals surface area contributed by atoms with E-state index in [4.69, 9.17) is 4.74 Å². The van der Waals surface area contributed by atoms with E-state index in [1.807, 2.05) is 0 Å². The molecule has 1 aliphatic rings. The van der Waals surface area contributed by atoms with Crippen molar-refractivity contribution in [1.82, 2.24) is 11.1 Å². The van der Waals surface area contributed by atoms with Gasteiger partial charge in [0.2, 0.25) is 10.3 Å². The summed E-state index contributed by atoms with van der Waals surface area (Å²) in [5, 5.41) is 0. The molecule has 3 N–H and O–H groups in total. The number of hydrogen-bond donors (Lipinski definition) is 1. The molecule has 1 heterocycles. The Kier molecular flexibility index (Phi) is 5.63. The van der Waals surface area contributed by atoms with Crippen LogP contribution in [0, 0.1) is 0 Å². The average Bonchev–Trinajstić information content (AvgIpc) is 2.15. The fourth-order valence-electron chi connectivity index (χ4n) is 1.43. The lowest BCUT2D eigenvalue weighted by Crippen LogP contribution is -2.42. The third-order valence-corrected chi connectivity index (χ3v) is 3.09. The number of carbonyl (C=O) groups excluding carboxylic acids is 1. The van der Waals surface area contributed by atoms with Gasteiger partial charge in [-0.25, -0.2) is 4.79 Å². The van der Waals surface area contributed by atoms with Crippen LogP contribution in [0.15, 0.2) is 0 Å². The van der Waals surface area contributed by atoms with E-state index in [1.165, 1.54) is 0 Å². The van der Waals surface area contributed by atoms with E-state index in [2.05, 4.69) is 0 Å². The number of nitrogens with zero attached hydrogens (tertiary/aromatic N) is 1. The summed E-state index contributed by atoms with van der Waals surface area (Å²) >= 11 is 0. The molecule has 17 heavy (non-hydrogen) atoms. The highest BCUT2D eigenvalue weighted by molar-refractivity contribution is 7.73. The van der Waals surface area contributed by atoms with Crippen LogP contribution < -0.4 is 6.15 Å². The molecule has 0 aliphatic carbocycles. The molecular formula is C10H20N2O4S. The molecule has 0 radical (unpaired) electrons. The molecule has 0 bridgehead atoms. The zero-order chi connectivity index (χ0) is 12.3. The van der Waals surface area contributed by atoms with E-state index >= 15 is 0 Å². The van der Waals surface area contributed by atoms with Crippen LogP contribution in [-0.2, 0) is 15.0 Å². The van der Waals surface area contributed by atoms with Crippen molar-refractivity contribution in [3.8, 4) is 0 Å². The first-order chi connectivity index (χ1) is 7.29. The van der Waals surface area contributed by atoms with Gasteiger partial charge < -0.3 is 15.8 Å². The molecule has 1 amide bonds. The van der Waals surface area contributed by atoms with Gasteiger partial charge in [-0.2, -0.15) is 8.42 Å². The monoisotopic (exact) mass is 264 g/mol. The Labute approximate surface area is 103 Å². The van der Waals surface area contributed by atoms with Crippen molar-refractivity contribution in [3.05, 3.63) is 0 Å². The summed E-state index contributed by atoms with van der Waals surface area (Å²) in [4.78, 5) is 13.7. The molecule has 0 spiro atoms. The maximum atomic E-state index is 11.6. The predicted octanol–water partition coefficient (Wildman–Crippen LogP) is 1.23. The first-order valence-electron chi connectivity index (χ1n) is 5.21. The minimum absolute atomic E-state index is 0. The van der Waals surface area contributed by atoms with Crippen LogP contribution in [-0.4, -0.2) is 43.0 Å². The highest BCUT2D eigenvalue weighted by Crippen LogP contribution is 2.13. The molecule has 100 valence electrons. The van der Waals surface area contributed by atoms with Crippen LogP contribution in [0.5, 0.6) is 0 Å². The van der Waals surface area contributed by atoms with Crippen molar-refractivity contribution >= 4 is 21.3 Å². The molecule has 7 heteroatoms. The lowest BCUT2D eigenvalue weighted by molar-refractivity contribution is 0.0250. The lowest BCUT2D eigenvalue weighted by Gasteiger charge is -2.29. The molecular weight excluding hydrogens is 244 g/mol. The van der Waals surface area contributed by atoms with E-state index < -0.39 is 15.9 Å². The van der Waals surface area contributed by atoms with Crippen molar-refractivity contribution in [2.75, 3.05) is 13.1 Å². The average molecular weight is 264 g/mol. The van der Waals surface area contributed by atoms with Gasteiger partial charge in [-0.3, -0.25) is 0 Å². The van der Waals surface area contributed by atoms with Gasteiger partial charge in [-0.1, -0.05) is 0 Å². The first-order valence-corrected chi connectivity index (χ1v) is 6.29. The largest absolute Gasteiger partial charge is 0.444 e. The van der Waals surface area contributed by atoms with Crippen molar-refractivity contribution in [2.45, 2.75) is 39.2 Å². The van der Waals surface area contributed by atoms with Gasteiger partial charge in [-0.05, 0) is 20.8 Å². The van der Waals surface area contributed by atoms with Gasteiger partial charge in [0.15, 0.2) is 0 Å². The van der Waals surface area contributed by atoms with Crippen LogP contribution in [0.2, 0.25) is 0 Å². The topological polar surface area (TPSA) is 98.7 Å². The van der Waals surface area contributed by atoms with Crippen molar-refractivity contribution in [1.29, 1.82) is 0 Å². The summed E-state index contributed by atoms with van der Waals surface area (Å²) in [6, 6.07) is 0. The SMILES string of the molecule is CC(C)(C)OC(=O)N1CCC(=S(=O)=O)CC1.N. The Balaban J connectivity index is 0.00000256. The van der Waals surface area contributed by atoms with E-state index in [1.54, 1.807) is 25.7 Å². The standard InChI is InChI=1S/C10H17NO4S.H3N/c1-10(2,3)15-9(12)11-6-4-8(5-7-11)16(13)14;/h4-7H2,1-3H3;1H3. The quantitative estimate of drug-likeness (QED) is 0.663.